The summed E-state index contributed by atoms with van der Waals surface area (Å²) in [4.78, 5) is 56.8. The first kappa shape index (κ1) is 22.3. The van der Waals surface area contributed by atoms with Crippen molar-refractivity contribution in [3.05, 3.63) is 34.2 Å². The van der Waals surface area contributed by atoms with Gasteiger partial charge in [-0.25, -0.2) is 4.98 Å². The van der Waals surface area contributed by atoms with Crippen LogP contribution in [-0.2, 0) is 16.1 Å². The molecule has 31 heavy (non-hydrogen) atoms. The fourth-order valence-electron chi connectivity index (χ4n) is 3.96. The van der Waals surface area contributed by atoms with Crippen LogP contribution in [0.4, 0.5) is 5.69 Å². The van der Waals surface area contributed by atoms with Gasteiger partial charge in [-0.15, -0.1) is 0 Å². The molecule has 1 aliphatic heterocycles. The maximum atomic E-state index is 12.8. The fourth-order valence-corrected chi connectivity index (χ4v) is 3.96. The number of nitrogens with one attached hydrogen (secondary N) is 1. The number of hydrogen-bond acceptors (Lipinski definition) is 6. The minimum absolute atomic E-state index is 0.0509. The van der Waals surface area contributed by atoms with E-state index >= 15 is 0 Å². The first-order valence-corrected chi connectivity index (χ1v) is 10.4. The molecule has 2 aromatic rings. The lowest BCUT2D eigenvalue weighted by atomic mass is 10.1. The standard InChI is InChI=1S/C21H28N6O4/c1-4-25(5-2)18(29)12-27-20-14(9-17(19(22)30)21(27)31)8-16(10-23-20)26-7-6-15(11-26)24-13(3)28/h8-10,15H,4-7,11-12H2,1-3H3,(H2,22,30)(H,24,28). The Hall–Kier alpha value is -3.43. The van der Waals surface area contributed by atoms with E-state index in [4.69, 9.17) is 5.73 Å². The van der Waals surface area contributed by atoms with Crippen LogP contribution in [-0.4, -0.2) is 64.4 Å². The van der Waals surface area contributed by atoms with Crippen LogP contribution in [0, 0.1) is 0 Å². The summed E-state index contributed by atoms with van der Waals surface area (Å²) < 4.78 is 1.21. The number of carbonyl (C=O) groups is 3. The van der Waals surface area contributed by atoms with Crippen LogP contribution in [0.3, 0.4) is 0 Å². The SMILES string of the molecule is CCN(CC)C(=O)Cn1c(=O)c(C(N)=O)cc2cc(N3CCC(NC(C)=O)C3)cnc21. The second kappa shape index (κ2) is 9.15. The Morgan fingerprint density at radius 2 is 1.97 bits per heavy atom. The highest BCUT2D eigenvalue weighted by molar-refractivity contribution is 5.96. The number of hydrogen-bond donors (Lipinski definition) is 2. The van der Waals surface area contributed by atoms with E-state index in [1.807, 2.05) is 19.9 Å². The number of aromatic nitrogens is 2. The number of fused-ring (bicyclic) bond motifs is 1. The van der Waals surface area contributed by atoms with Crippen molar-refractivity contribution in [2.75, 3.05) is 31.1 Å². The third-order valence-corrected chi connectivity index (χ3v) is 5.55. The van der Waals surface area contributed by atoms with Crippen molar-refractivity contribution >= 4 is 34.4 Å². The van der Waals surface area contributed by atoms with Gasteiger partial charge in [-0.1, -0.05) is 0 Å². The predicted octanol–water partition coefficient (Wildman–Crippen LogP) is 0.0786. The van der Waals surface area contributed by atoms with E-state index in [2.05, 4.69) is 15.2 Å². The highest BCUT2D eigenvalue weighted by Crippen LogP contribution is 2.24. The van der Waals surface area contributed by atoms with Crippen molar-refractivity contribution in [3.8, 4) is 0 Å². The molecule has 0 aromatic carbocycles. The third kappa shape index (κ3) is 4.68. The number of anilines is 1. The first-order chi connectivity index (χ1) is 14.7. The number of nitrogens with zero attached hydrogens (tertiary/aromatic N) is 4. The first-order valence-electron chi connectivity index (χ1n) is 10.4. The predicted molar refractivity (Wildman–Crippen MR) is 117 cm³/mol. The Labute approximate surface area is 180 Å². The highest BCUT2D eigenvalue weighted by atomic mass is 16.2. The van der Waals surface area contributed by atoms with Gasteiger partial charge >= 0.3 is 0 Å². The summed E-state index contributed by atoms with van der Waals surface area (Å²) in [7, 11) is 0. The molecule has 3 amide bonds. The molecule has 10 nitrogen and oxygen atoms in total. The largest absolute Gasteiger partial charge is 0.368 e. The van der Waals surface area contributed by atoms with Crippen LogP contribution in [0.1, 0.15) is 37.6 Å². The molecule has 3 rings (SSSR count). The molecule has 3 heterocycles. The Balaban J connectivity index is 2.01. The molecule has 0 spiro atoms. The Morgan fingerprint density at radius 1 is 1.26 bits per heavy atom. The lowest BCUT2D eigenvalue weighted by Gasteiger charge is -2.21. The van der Waals surface area contributed by atoms with E-state index in [1.54, 1.807) is 11.1 Å². The van der Waals surface area contributed by atoms with Crippen molar-refractivity contribution in [2.45, 2.75) is 39.8 Å². The molecule has 166 valence electrons. The molecule has 1 unspecified atom stereocenters. The number of amides is 3. The van der Waals surface area contributed by atoms with Crippen molar-refractivity contribution in [1.29, 1.82) is 0 Å². The van der Waals surface area contributed by atoms with Gasteiger partial charge in [0.15, 0.2) is 0 Å². The van der Waals surface area contributed by atoms with E-state index < -0.39 is 11.5 Å². The minimum atomic E-state index is -0.853. The average molecular weight is 428 g/mol. The summed E-state index contributed by atoms with van der Waals surface area (Å²) in [6, 6.07) is 3.30. The van der Waals surface area contributed by atoms with Crippen LogP contribution >= 0.6 is 0 Å². The number of nitrogens with two attached hydrogens (primary N) is 1. The van der Waals surface area contributed by atoms with Crippen LogP contribution in [0.5, 0.6) is 0 Å². The van der Waals surface area contributed by atoms with Crippen molar-refractivity contribution in [2.24, 2.45) is 5.73 Å². The summed E-state index contributed by atoms with van der Waals surface area (Å²) in [5, 5.41) is 3.46. The number of rotatable bonds is 7. The zero-order chi connectivity index (χ0) is 22.7. The molecule has 1 fully saturated rings. The van der Waals surface area contributed by atoms with E-state index in [9.17, 15) is 19.2 Å². The summed E-state index contributed by atoms with van der Waals surface area (Å²) in [5.41, 5.74) is 5.73. The average Bonchev–Trinajstić information content (AvgIpc) is 3.18. The monoisotopic (exact) mass is 428 g/mol. The van der Waals surface area contributed by atoms with Crippen molar-refractivity contribution in [1.82, 2.24) is 19.8 Å². The van der Waals surface area contributed by atoms with Gasteiger partial charge in [0.05, 0.1) is 11.9 Å². The normalized spacial score (nSPS) is 15.8. The topological polar surface area (TPSA) is 131 Å². The maximum absolute atomic E-state index is 12.8. The van der Waals surface area contributed by atoms with Gasteiger partial charge in [-0.3, -0.25) is 23.7 Å². The Morgan fingerprint density at radius 3 is 2.58 bits per heavy atom. The molecule has 0 saturated carbocycles. The quantitative estimate of drug-likeness (QED) is 0.642. The molecular formula is C21H28N6O4. The second-order valence-corrected chi connectivity index (χ2v) is 7.62. The van der Waals surface area contributed by atoms with Gasteiger partial charge in [0.1, 0.15) is 17.8 Å². The molecule has 1 aliphatic rings. The van der Waals surface area contributed by atoms with Gasteiger partial charge in [0, 0.05) is 44.5 Å². The van der Waals surface area contributed by atoms with Crippen molar-refractivity contribution < 1.29 is 14.4 Å². The van der Waals surface area contributed by atoms with Gasteiger partial charge in [0.25, 0.3) is 11.5 Å². The molecule has 1 atom stereocenters. The third-order valence-electron chi connectivity index (χ3n) is 5.55. The number of carbonyl (C=O) groups excluding carboxylic acids is 3. The summed E-state index contributed by atoms with van der Waals surface area (Å²) in [6.07, 6.45) is 2.45. The second-order valence-electron chi connectivity index (χ2n) is 7.62. The van der Waals surface area contributed by atoms with Gasteiger partial charge in [-0.2, -0.15) is 0 Å². The van der Waals surface area contributed by atoms with Crippen molar-refractivity contribution in [3.63, 3.8) is 0 Å². The summed E-state index contributed by atoms with van der Waals surface area (Å²) >= 11 is 0. The molecule has 2 aromatic heterocycles. The Bertz CT molecular complexity index is 1080. The Kier molecular flexibility index (Phi) is 6.57. The van der Waals surface area contributed by atoms with Gasteiger partial charge in [0.2, 0.25) is 11.8 Å². The lowest BCUT2D eigenvalue weighted by molar-refractivity contribution is -0.131. The van der Waals surface area contributed by atoms with Crippen LogP contribution in [0.2, 0.25) is 0 Å². The molecule has 0 bridgehead atoms. The van der Waals surface area contributed by atoms with E-state index in [0.717, 1.165) is 18.7 Å². The molecule has 3 N–H and O–H groups in total. The minimum Gasteiger partial charge on any atom is -0.368 e. The van der Waals surface area contributed by atoms with E-state index in [0.29, 0.717) is 30.7 Å². The fraction of sp³-hybridized carbons (Fsp3) is 0.476. The van der Waals surface area contributed by atoms with Gasteiger partial charge in [-0.05, 0) is 32.4 Å². The number of primary amides is 1. The van der Waals surface area contributed by atoms with Crippen LogP contribution in [0.25, 0.3) is 11.0 Å². The van der Waals surface area contributed by atoms with Gasteiger partial charge < -0.3 is 20.9 Å². The number of pyridine rings is 2. The van der Waals surface area contributed by atoms with E-state index in [1.165, 1.54) is 17.6 Å². The van der Waals surface area contributed by atoms with E-state index in [-0.39, 0.29) is 30.0 Å². The zero-order valence-corrected chi connectivity index (χ0v) is 18.1. The van der Waals surface area contributed by atoms with Crippen LogP contribution in [0.15, 0.2) is 23.1 Å². The maximum Gasteiger partial charge on any atom is 0.265 e. The summed E-state index contributed by atoms with van der Waals surface area (Å²) in [5.74, 6) is -1.16. The smallest absolute Gasteiger partial charge is 0.265 e. The molecule has 10 heteroatoms. The molecule has 0 radical (unpaired) electrons. The number of likely N-dealkylation sites (N-methyl/N-ethyl adjacent to an activating group) is 1. The van der Waals surface area contributed by atoms with Crippen LogP contribution < -0.4 is 21.5 Å². The molecule has 0 aliphatic carbocycles. The highest BCUT2D eigenvalue weighted by Gasteiger charge is 2.24. The summed E-state index contributed by atoms with van der Waals surface area (Å²) in [6.45, 7) is 7.38. The molecular weight excluding hydrogens is 400 g/mol. The lowest BCUT2D eigenvalue weighted by Crippen LogP contribution is -2.38. The zero-order valence-electron chi connectivity index (χ0n) is 18.1. The molecule has 1 saturated heterocycles.